The Morgan fingerprint density at radius 1 is 1.06 bits per heavy atom. The van der Waals surface area contributed by atoms with Gasteiger partial charge in [0.2, 0.25) is 10.0 Å². The van der Waals surface area contributed by atoms with E-state index in [0.29, 0.717) is 38.4 Å². The van der Waals surface area contributed by atoms with Crippen molar-refractivity contribution in [3.63, 3.8) is 0 Å². The first-order valence-corrected chi connectivity index (χ1v) is 11.7. The molecule has 0 aromatic heterocycles. The van der Waals surface area contributed by atoms with Crippen LogP contribution in [0.5, 0.6) is 5.75 Å². The van der Waals surface area contributed by atoms with Gasteiger partial charge in [0, 0.05) is 19.6 Å². The number of urea groups is 1. The zero-order valence-corrected chi connectivity index (χ0v) is 18.9. The Bertz CT molecular complexity index is 930. The Balaban J connectivity index is 1.77. The van der Waals surface area contributed by atoms with Crippen molar-refractivity contribution in [3.8, 4) is 5.75 Å². The van der Waals surface area contributed by atoms with Gasteiger partial charge in [-0.25, -0.2) is 17.6 Å². The number of halogens is 1. The van der Waals surface area contributed by atoms with E-state index < -0.39 is 10.0 Å². The minimum atomic E-state index is -3.50. The molecule has 7 nitrogen and oxygen atoms in total. The molecule has 1 atom stereocenters. The average Bonchev–Trinajstić information content (AvgIpc) is 2.75. The summed E-state index contributed by atoms with van der Waals surface area (Å²) in [5.41, 5.74) is 0.799. The van der Waals surface area contributed by atoms with E-state index in [1.54, 1.807) is 50.2 Å². The highest BCUT2D eigenvalue weighted by atomic mass is 32.2. The molecule has 0 radical (unpaired) electrons. The summed E-state index contributed by atoms with van der Waals surface area (Å²) in [6, 6.07) is 11.7. The summed E-state index contributed by atoms with van der Waals surface area (Å²) in [6.45, 7) is 7.06. The lowest BCUT2D eigenvalue weighted by atomic mass is 10.1. The number of rotatable bonds is 11. The molecule has 9 heteroatoms. The van der Waals surface area contributed by atoms with Gasteiger partial charge in [0.05, 0.1) is 17.5 Å². The van der Waals surface area contributed by atoms with Gasteiger partial charge in [0.25, 0.3) is 0 Å². The Labute approximate surface area is 183 Å². The lowest BCUT2D eigenvalue weighted by Crippen LogP contribution is -2.37. The highest BCUT2D eigenvalue weighted by Crippen LogP contribution is 2.19. The Morgan fingerprint density at radius 2 is 1.68 bits per heavy atom. The third-order valence-corrected chi connectivity index (χ3v) is 6.82. The van der Waals surface area contributed by atoms with Gasteiger partial charge >= 0.3 is 6.03 Å². The van der Waals surface area contributed by atoms with Crippen LogP contribution in [0.1, 0.15) is 38.8 Å². The molecule has 0 heterocycles. The molecule has 0 saturated heterocycles. The van der Waals surface area contributed by atoms with E-state index in [1.165, 1.54) is 16.4 Å². The lowest BCUT2D eigenvalue weighted by Gasteiger charge is -2.19. The molecule has 2 aromatic rings. The smallest absolute Gasteiger partial charge is 0.315 e. The normalized spacial score (nSPS) is 12.4. The molecule has 0 aliphatic carbocycles. The number of sulfonamides is 1. The SMILES string of the molecule is CCN(CC)S(=O)(=O)c1ccc(C(C)NC(=O)NCCCOc2ccc(F)cc2)cc1. The molecule has 2 aromatic carbocycles. The fourth-order valence-electron chi connectivity index (χ4n) is 2.97. The second-order valence-corrected chi connectivity index (χ2v) is 8.87. The Hall–Kier alpha value is -2.65. The van der Waals surface area contributed by atoms with Gasteiger partial charge in [-0.05, 0) is 55.3 Å². The predicted octanol–water partition coefficient (Wildman–Crippen LogP) is 3.69. The summed E-state index contributed by atoms with van der Waals surface area (Å²) < 4.78 is 44.8. The maximum atomic E-state index is 12.8. The lowest BCUT2D eigenvalue weighted by molar-refractivity contribution is 0.236. The third kappa shape index (κ3) is 7.22. The Kier molecular flexibility index (Phi) is 9.26. The van der Waals surface area contributed by atoms with Crippen molar-refractivity contribution in [2.45, 2.75) is 38.1 Å². The number of nitrogens with zero attached hydrogens (tertiary/aromatic N) is 1. The van der Waals surface area contributed by atoms with Crippen molar-refractivity contribution < 1.29 is 22.3 Å². The third-order valence-electron chi connectivity index (χ3n) is 4.76. The van der Waals surface area contributed by atoms with Gasteiger partial charge in [-0.1, -0.05) is 26.0 Å². The van der Waals surface area contributed by atoms with E-state index in [4.69, 9.17) is 4.74 Å². The monoisotopic (exact) mass is 451 g/mol. The molecule has 0 saturated carbocycles. The molecule has 1 unspecified atom stereocenters. The highest BCUT2D eigenvalue weighted by Gasteiger charge is 2.21. The van der Waals surface area contributed by atoms with Gasteiger partial charge in [0.1, 0.15) is 11.6 Å². The second kappa shape index (κ2) is 11.7. The summed E-state index contributed by atoms with van der Waals surface area (Å²) in [5.74, 6) is 0.255. The molecule has 170 valence electrons. The number of hydrogen-bond donors (Lipinski definition) is 2. The molecule has 0 fully saturated rings. The van der Waals surface area contributed by atoms with Crippen LogP contribution in [0.4, 0.5) is 9.18 Å². The molecule has 0 bridgehead atoms. The van der Waals surface area contributed by atoms with Crippen LogP contribution in [0.15, 0.2) is 53.4 Å². The van der Waals surface area contributed by atoms with Crippen molar-refractivity contribution in [2.24, 2.45) is 0 Å². The molecule has 31 heavy (non-hydrogen) atoms. The van der Waals surface area contributed by atoms with Crippen LogP contribution in [0.3, 0.4) is 0 Å². The average molecular weight is 452 g/mol. The molecular formula is C22H30FN3O4S. The van der Waals surface area contributed by atoms with Crippen molar-refractivity contribution >= 4 is 16.1 Å². The fourth-order valence-corrected chi connectivity index (χ4v) is 4.43. The van der Waals surface area contributed by atoms with Crippen LogP contribution in [0, 0.1) is 5.82 Å². The van der Waals surface area contributed by atoms with Gasteiger partial charge < -0.3 is 15.4 Å². The number of ether oxygens (including phenoxy) is 1. The molecule has 0 spiro atoms. The number of hydrogen-bond acceptors (Lipinski definition) is 4. The summed E-state index contributed by atoms with van der Waals surface area (Å²) >= 11 is 0. The van der Waals surface area contributed by atoms with Crippen molar-refractivity contribution in [3.05, 3.63) is 59.9 Å². The predicted molar refractivity (Wildman–Crippen MR) is 118 cm³/mol. The molecular weight excluding hydrogens is 421 g/mol. The molecule has 0 aliphatic heterocycles. The van der Waals surface area contributed by atoms with E-state index in [9.17, 15) is 17.6 Å². The zero-order chi connectivity index (χ0) is 22.9. The van der Waals surface area contributed by atoms with Crippen LogP contribution >= 0.6 is 0 Å². The van der Waals surface area contributed by atoms with Gasteiger partial charge in [0.15, 0.2) is 0 Å². The fraction of sp³-hybridized carbons (Fsp3) is 0.409. The van der Waals surface area contributed by atoms with Gasteiger partial charge in [-0.2, -0.15) is 4.31 Å². The van der Waals surface area contributed by atoms with Crippen molar-refractivity contribution in [2.75, 3.05) is 26.2 Å². The number of carbonyl (C=O) groups is 1. The summed E-state index contributed by atoms with van der Waals surface area (Å²) in [4.78, 5) is 12.3. The maximum Gasteiger partial charge on any atom is 0.315 e. The Morgan fingerprint density at radius 3 is 2.26 bits per heavy atom. The first-order valence-electron chi connectivity index (χ1n) is 10.3. The van der Waals surface area contributed by atoms with E-state index in [0.717, 1.165) is 5.56 Å². The van der Waals surface area contributed by atoms with Crippen molar-refractivity contribution in [1.82, 2.24) is 14.9 Å². The number of nitrogens with one attached hydrogen (secondary N) is 2. The van der Waals surface area contributed by atoms with Gasteiger partial charge in [-0.3, -0.25) is 0 Å². The minimum absolute atomic E-state index is 0.234. The van der Waals surface area contributed by atoms with E-state index in [1.807, 2.05) is 6.92 Å². The molecule has 2 rings (SSSR count). The quantitative estimate of drug-likeness (QED) is 0.510. The molecule has 0 aliphatic rings. The highest BCUT2D eigenvalue weighted by molar-refractivity contribution is 7.89. The molecule has 2 N–H and O–H groups in total. The zero-order valence-electron chi connectivity index (χ0n) is 18.1. The van der Waals surface area contributed by atoms with E-state index in [-0.39, 0.29) is 22.8 Å². The number of amides is 2. The standard InChI is InChI=1S/C22H30FN3O4S/c1-4-26(5-2)31(28,29)21-13-7-18(8-14-21)17(3)25-22(27)24-15-6-16-30-20-11-9-19(23)10-12-20/h7-14,17H,4-6,15-16H2,1-3H3,(H2,24,25,27). The van der Waals surface area contributed by atoms with Crippen molar-refractivity contribution in [1.29, 1.82) is 0 Å². The summed E-state index contributed by atoms with van der Waals surface area (Å²) in [7, 11) is -3.50. The van der Waals surface area contributed by atoms with Crippen LogP contribution in [-0.2, 0) is 10.0 Å². The first kappa shape index (κ1) is 24.6. The van der Waals surface area contributed by atoms with Crippen LogP contribution < -0.4 is 15.4 Å². The van der Waals surface area contributed by atoms with Gasteiger partial charge in [-0.15, -0.1) is 0 Å². The van der Waals surface area contributed by atoms with Crippen LogP contribution in [0.2, 0.25) is 0 Å². The molecule has 2 amide bonds. The van der Waals surface area contributed by atoms with Crippen LogP contribution in [-0.4, -0.2) is 45.0 Å². The summed E-state index contributed by atoms with van der Waals surface area (Å²) in [5, 5.41) is 5.57. The number of carbonyl (C=O) groups excluding carboxylic acids is 1. The van der Waals surface area contributed by atoms with Crippen LogP contribution in [0.25, 0.3) is 0 Å². The number of benzene rings is 2. The topological polar surface area (TPSA) is 87.7 Å². The first-order chi connectivity index (χ1) is 14.8. The second-order valence-electron chi connectivity index (χ2n) is 6.94. The maximum absolute atomic E-state index is 12.8. The largest absolute Gasteiger partial charge is 0.494 e. The minimum Gasteiger partial charge on any atom is -0.494 e. The van der Waals surface area contributed by atoms with E-state index in [2.05, 4.69) is 10.6 Å². The van der Waals surface area contributed by atoms with E-state index >= 15 is 0 Å². The summed E-state index contributed by atoms with van der Waals surface area (Å²) in [6.07, 6.45) is 0.594.